The molecule has 3 heterocycles. The lowest BCUT2D eigenvalue weighted by atomic mass is 9.99. The zero-order valence-electron chi connectivity index (χ0n) is 19.8. The molecule has 2 saturated heterocycles. The molecule has 4 rings (SSSR count). The monoisotopic (exact) mass is 520 g/mol. The SMILES string of the molecule is C[C@@H]1C[C@H]2O[C@@H]2/C=C/C=C/C(=N\OCC(=O)N2CCC(O)CC2)Cc2c(Cl)c(O)cc(O)c2C(=O)O1. The number of phenolic OH excluding ortho intramolecular Hbond substituents is 2. The third kappa shape index (κ3) is 6.37. The van der Waals surface area contributed by atoms with Crippen molar-refractivity contribution in [2.45, 2.75) is 57.0 Å². The Labute approximate surface area is 213 Å². The molecule has 0 spiro atoms. The number of fused-ring (bicyclic) bond motifs is 2. The molecule has 0 radical (unpaired) electrons. The fourth-order valence-electron chi connectivity index (χ4n) is 4.23. The van der Waals surface area contributed by atoms with Gasteiger partial charge in [-0.15, -0.1) is 0 Å². The largest absolute Gasteiger partial charge is 0.507 e. The molecule has 1 aromatic rings. The first-order valence-corrected chi connectivity index (χ1v) is 12.2. The highest BCUT2D eigenvalue weighted by Gasteiger charge is 2.38. The Morgan fingerprint density at radius 3 is 2.75 bits per heavy atom. The lowest BCUT2D eigenvalue weighted by Gasteiger charge is -2.29. The van der Waals surface area contributed by atoms with Crippen LogP contribution >= 0.6 is 11.6 Å². The Balaban J connectivity index is 1.59. The van der Waals surface area contributed by atoms with E-state index >= 15 is 0 Å². The molecule has 1 aromatic carbocycles. The Morgan fingerprint density at radius 1 is 1.25 bits per heavy atom. The minimum atomic E-state index is -0.798. The van der Waals surface area contributed by atoms with Gasteiger partial charge in [-0.05, 0) is 31.4 Å². The van der Waals surface area contributed by atoms with Crippen LogP contribution in [0.2, 0.25) is 5.02 Å². The quantitative estimate of drug-likeness (QED) is 0.313. The van der Waals surface area contributed by atoms with E-state index in [1.807, 2.05) is 6.08 Å². The fourth-order valence-corrected chi connectivity index (χ4v) is 4.45. The van der Waals surface area contributed by atoms with Crippen LogP contribution in [0, 0.1) is 0 Å². The van der Waals surface area contributed by atoms with E-state index in [9.17, 15) is 24.9 Å². The average Bonchev–Trinajstić information content (AvgIpc) is 3.56. The molecule has 3 atom stereocenters. The molecule has 0 aliphatic carbocycles. The number of nitrogens with zero attached hydrogens (tertiary/aromatic N) is 2. The number of oxime groups is 1. The van der Waals surface area contributed by atoms with Crippen molar-refractivity contribution in [2.24, 2.45) is 5.16 Å². The molecule has 194 valence electrons. The Morgan fingerprint density at radius 2 is 2.00 bits per heavy atom. The first-order chi connectivity index (χ1) is 17.2. The Hall–Kier alpha value is -3.08. The normalized spacial score (nSPS) is 27.9. The van der Waals surface area contributed by atoms with Crippen LogP contribution < -0.4 is 0 Å². The number of ether oxygens (including phenoxy) is 2. The summed E-state index contributed by atoms with van der Waals surface area (Å²) in [5.41, 5.74) is 0.201. The summed E-state index contributed by atoms with van der Waals surface area (Å²) in [6.45, 7) is 2.30. The first-order valence-electron chi connectivity index (χ1n) is 11.8. The number of aromatic hydroxyl groups is 2. The molecule has 0 saturated carbocycles. The number of aliphatic hydroxyl groups is 1. The summed E-state index contributed by atoms with van der Waals surface area (Å²) in [6.07, 6.45) is 7.30. The van der Waals surface area contributed by atoms with Crippen molar-refractivity contribution in [3.63, 3.8) is 0 Å². The zero-order valence-corrected chi connectivity index (χ0v) is 20.6. The first kappa shape index (κ1) is 26.0. The minimum Gasteiger partial charge on any atom is -0.507 e. The predicted octanol–water partition coefficient (Wildman–Crippen LogP) is 2.48. The number of allylic oxidation sites excluding steroid dienone is 3. The molecular weight excluding hydrogens is 492 g/mol. The third-order valence-electron chi connectivity index (χ3n) is 6.26. The molecule has 2 fully saturated rings. The smallest absolute Gasteiger partial charge is 0.342 e. The summed E-state index contributed by atoms with van der Waals surface area (Å²) in [5, 5.41) is 34.2. The highest BCUT2D eigenvalue weighted by atomic mass is 35.5. The molecule has 1 amide bonds. The van der Waals surface area contributed by atoms with E-state index in [1.165, 1.54) is 0 Å². The summed E-state index contributed by atoms with van der Waals surface area (Å²) in [7, 11) is 0. The summed E-state index contributed by atoms with van der Waals surface area (Å²) in [5.74, 6) is -1.95. The van der Waals surface area contributed by atoms with Crippen LogP contribution in [-0.4, -0.2) is 81.9 Å². The van der Waals surface area contributed by atoms with Crippen LogP contribution in [-0.2, 0) is 25.5 Å². The number of rotatable bonds is 3. The van der Waals surface area contributed by atoms with Crippen LogP contribution in [0.3, 0.4) is 0 Å². The van der Waals surface area contributed by atoms with E-state index in [0.29, 0.717) is 32.4 Å². The predicted molar refractivity (Wildman–Crippen MR) is 130 cm³/mol. The fraction of sp³-hybridized carbons (Fsp3) is 0.480. The number of cyclic esters (lactones) is 1. The number of amides is 1. The summed E-state index contributed by atoms with van der Waals surface area (Å²) in [4.78, 5) is 32.3. The molecular formula is C25H29ClN2O8. The summed E-state index contributed by atoms with van der Waals surface area (Å²) in [6, 6.07) is 0.983. The molecule has 0 bridgehead atoms. The number of halogens is 1. The molecule has 0 aromatic heterocycles. The topological polar surface area (TPSA) is 141 Å². The average molecular weight is 521 g/mol. The number of phenols is 2. The minimum absolute atomic E-state index is 0.0877. The van der Waals surface area contributed by atoms with Gasteiger partial charge in [0, 0.05) is 32.0 Å². The summed E-state index contributed by atoms with van der Waals surface area (Å²) >= 11 is 6.33. The van der Waals surface area contributed by atoms with Crippen LogP contribution in [0.15, 0.2) is 35.5 Å². The van der Waals surface area contributed by atoms with E-state index in [-0.39, 0.29) is 53.0 Å². The molecule has 0 unspecified atom stereocenters. The number of aliphatic hydroxyl groups excluding tert-OH is 1. The van der Waals surface area contributed by atoms with E-state index in [2.05, 4.69) is 5.16 Å². The number of hydrogen-bond donors (Lipinski definition) is 3. The molecule has 36 heavy (non-hydrogen) atoms. The van der Waals surface area contributed by atoms with Gasteiger partial charge in [-0.25, -0.2) is 4.79 Å². The van der Waals surface area contributed by atoms with Crippen molar-refractivity contribution in [3.8, 4) is 11.5 Å². The second-order valence-corrected chi connectivity index (χ2v) is 9.44. The highest BCUT2D eigenvalue weighted by molar-refractivity contribution is 6.33. The van der Waals surface area contributed by atoms with Crippen molar-refractivity contribution in [3.05, 3.63) is 46.5 Å². The van der Waals surface area contributed by atoms with Crippen molar-refractivity contribution >= 4 is 29.2 Å². The van der Waals surface area contributed by atoms with E-state index in [1.54, 1.807) is 30.1 Å². The van der Waals surface area contributed by atoms with Gasteiger partial charge in [0.1, 0.15) is 29.3 Å². The van der Waals surface area contributed by atoms with Gasteiger partial charge < -0.3 is 34.5 Å². The second kappa shape index (κ2) is 11.3. The number of epoxide rings is 1. The number of carbonyl (C=O) groups is 2. The molecule has 10 nitrogen and oxygen atoms in total. The zero-order chi connectivity index (χ0) is 25.8. The van der Waals surface area contributed by atoms with Gasteiger partial charge in [0.2, 0.25) is 0 Å². The maximum Gasteiger partial charge on any atom is 0.342 e. The van der Waals surface area contributed by atoms with Crippen LogP contribution in [0.5, 0.6) is 11.5 Å². The van der Waals surface area contributed by atoms with Gasteiger partial charge in [-0.1, -0.05) is 35.0 Å². The number of carbonyl (C=O) groups excluding carboxylic acids is 2. The number of benzene rings is 1. The lowest BCUT2D eigenvalue weighted by molar-refractivity contribution is -0.138. The lowest BCUT2D eigenvalue weighted by Crippen LogP contribution is -2.41. The highest BCUT2D eigenvalue weighted by Crippen LogP contribution is 2.38. The molecule has 3 N–H and O–H groups in total. The van der Waals surface area contributed by atoms with Gasteiger partial charge >= 0.3 is 5.97 Å². The molecule has 11 heteroatoms. The van der Waals surface area contributed by atoms with Crippen LogP contribution in [0.1, 0.15) is 42.1 Å². The third-order valence-corrected chi connectivity index (χ3v) is 6.69. The number of likely N-dealkylation sites (tertiary alicyclic amines) is 1. The van der Waals surface area contributed by atoms with Gasteiger partial charge in [-0.3, -0.25) is 4.79 Å². The van der Waals surface area contributed by atoms with Crippen molar-refractivity contribution in [2.75, 3.05) is 19.7 Å². The number of hydrogen-bond acceptors (Lipinski definition) is 9. The van der Waals surface area contributed by atoms with E-state index in [0.717, 1.165) is 6.07 Å². The van der Waals surface area contributed by atoms with Crippen LogP contribution in [0.25, 0.3) is 0 Å². The van der Waals surface area contributed by atoms with Crippen molar-refractivity contribution in [1.29, 1.82) is 0 Å². The van der Waals surface area contributed by atoms with E-state index < -0.39 is 29.7 Å². The van der Waals surface area contributed by atoms with Gasteiger partial charge in [0.25, 0.3) is 5.91 Å². The maximum absolute atomic E-state index is 13.0. The van der Waals surface area contributed by atoms with Gasteiger partial charge in [-0.2, -0.15) is 0 Å². The standard InChI is InChI=1S/C25H29ClN2O8/c1-14-10-21-20(36-21)5-3-2-4-15(27-34-13-22(32)28-8-6-16(29)7-9-28)11-17-23(25(33)35-14)18(30)12-19(31)24(17)26/h2-5,12,14,16,20-21,29-31H,6-11,13H2,1H3/b4-2+,5-3+,27-15+/t14-,20-,21-/m1/s1. The van der Waals surface area contributed by atoms with E-state index in [4.69, 9.17) is 25.9 Å². The van der Waals surface area contributed by atoms with Crippen molar-refractivity contribution < 1.29 is 39.2 Å². The molecule has 3 aliphatic heterocycles. The second-order valence-electron chi connectivity index (χ2n) is 9.06. The Kier molecular flexibility index (Phi) is 8.17. The number of piperidine rings is 1. The summed E-state index contributed by atoms with van der Waals surface area (Å²) < 4.78 is 11.1. The van der Waals surface area contributed by atoms with Gasteiger partial charge in [0.05, 0.1) is 22.9 Å². The Bertz CT molecular complexity index is 1090. The van der Waals surface area contributed by atoms with Gasteiger partial charge in [0.15, 0.2) is 6.61 Å². The van der Waals surface area contributed by atoms with Crippen molar-refractivity contribution in [1.82, 2.24) is 4.90 Å². The van der Waals surface area contributed by atoms with Crippen LogP contribution in [0.4, 0.5) is 0 Å². The maximum atomic E-state index is 13.0. The molecule has 3 aliphatic rings. The number of esters is 1.